The molecule has 0 aromatic heterocycles. The fourth-order valence-corrected chi connectivity index (χ4v) is 1.33. The summed E-state index contributed by atoms with van der Waals surface area (Å²) in [6, 6.07) is 3.90. The molecule has 1 N–H and O–H groups in total. The predicted molar refractivity (Wildman–Crippen MR) is 59.8 cm³/mol. The Hall–Kier alpha value is -1.49. The predicted octanol–water partition coefficient (Wildman–Crippen LogP) is 2.80. The lowest BCUT2D eigenvalue weighted by Crippen LogP contribution is -2.03. The van der Waals surface area contributed by atoms with Gasteiger partial charge in [0.15, 0.2) is 17.3 Å². The maximum Gasteiger partial charge on any atom is 0.194 e. The summed E-state index contributed by atoms with van der Waals surface area (Å²) in [5, 5.41) is 9.06. The molecule has 0 aliphatic rings. The van der Waals surface area contributed by atoms with Gasteiger partial charge in [0.1, 0.15) is 5.82 Å². The molecular formula is C11H8BrFO3. The van der Waals surface area contributed by atoms with Gasteiger partial charge >= 0.3 is 0 Å². The summed E-state index contributed by atoms with van der Waals surface area (Å²) in [5.74, 6) is -2.80. The Morgan fingerprint density at radius 1 is 1.44 bits per heavy atom. The lowest BCUT2D eigenvalue weighted by molar-refractivity contribution is -0.115. The molecule has 0 fully saturated rings. The molecule has 0 unspecified atom stereocenters. The summed E-state index contributed by atoms with van der Waals surface area (Å²) < 4.78 is 13.8. The van der Waals surface area contributed by atoms with Crippen molar-refractivity contribution in [1.29, 1.82) is 0 Å². The third-order valence-corrected chi connectivity index (χ3v) is 2.32. The van der Waals surface area contributed by atoms with Gasteiger partial charge in [-0.3, -0.25) is 9.59 Å². The van der Waals surface area contributed by atoms with E-state index in [4.69, 9.17) is 5.11 Å². The zero-order chi connectivity index (χ0) is 12.3. The summed E-state index contributed by atoms with van der Waals surface area (Å²) in [5.41, 5.74) is -0.198. The van der Waals surface area contributed by atoms with Crippen LogP contribution in [0, 0.1) is 5.82 Å². The van der Waals surface area contributed by atoms with Crippen molar-refractivity contribution in [2.45, 2.75) is 6.92 Å². The Bertz CT molecular complexity index is 480. The Morgan fingerprint density at radius 3 is 2.56 bits per heavy atom. The fourth-order valence-electron chi connectivity index (χ4n) is 0.993. The average Bonchev–Trinajstić information content (AvgIpc) is 2.16. The van der Waals surface area contributed by atoms with E-state index < -0.39 is 23.1 Å². The summed E-state index contributed by atoms with van der Waals surface area (Å²) >= 11 is 3.05. The van der Waals surface area contributed by atoms with Gasteiger partial charge in [-0.25, -0.2) is 4.39 Å². The van der Waals surface area contributed by atoms with Crippen LogP contribution in [0.1, 0.15) is 17.3 Å². The second kappa shape index (κ2) is 5.03. The van der Waals surface area contributed by atoms with Crippen LogP contribution in [0.2, 0.25) is 0 Å². The molecule has 0 saturated carbocycles. The highest BCUT2D eigenvalue weighted by Gasteiger charge is 2.12. The number of aliphatic hydroxyl groups is 1. The van der Waals surface area contributed by atoms with Gasteiger partial charge in [0.2, 0.25) is 0 Å². The van der Waals surface area contributed by atoms with Crippen LogP contribution in [-0.2, 0) is 4.79 Å². The Kier molecular flexibility index (Phi) is 3.95. The van der Waals surface area contributed by atoms with Crippen molar-refractivity contribution in [3.8, 4) is 0 Å². The minimum atomic E-state index is -0.752. The number of halogens is 2. The van der Waals surface area contributed by atoms with Crippen molar-refractivity contribution in [3.05, 3.63) is 45.9 Å². The highest BCUT2D eigenvalue weighted by molar-refractivity contribution is 9.10. The van der Waals surface area contributed by atoms with Crippen LogP contribution in [-0.4, -0.2) is 16.7 Å². The zero-order valence-corrected chi connectivity index (χ0v) is 9.92. The molecule has 0 aliphatic carbocycles. The summed E-state index contributed by atoms with van der Waals surface area (Å²) in [6.45, 7) is 1.11. The summed E-state index contributed by atoms with van der Waals surface area (Å²) in [7, 11) is 0. The highest BCUT2D eigenvalue weighted by Crippen LogP contribution is 2.16. The third-order valence-electron chi connectivity index (χ3n) is 1.83. The van der Waals surface area contributed by atoms with Crippen molar-refractivity contribution in [2.24, 2.45) is 0 Å². The van der Waals surface area contributed by atoms with E-state index in [-0.39, 0.29) is 5.56 Å². The van der Waals surface area contributed by atoms with Gasteiger partial charge in [-0.1, -0.05) is 15.9 Å². The smallest absolute Gasteiger partial charge is 0.194 e. The first-order valence-corrected chi connectivity index (χ1v) is 5.12. The van der Waals surface area contributed by atoms with E-state index in [1.165, 1.54) is 12.1 Å². The normalized spacial score (nSPS) is 11.3. The van der Waals surface area contributed by atoms with Gasteiger partial charge in [-0.2, -0.15) is 0 Å². The van der Waals surface area contributed by atoms with Crippen LogP contribution >= 0.6 is 15.9 Å². The van der Waals surface area contributed by atoms with Crippen molar-refractivity contribution >= 4 is 27.5 Å². The van der Waals surface area contributed by atoms with Crippen molar-refractivity contribution in [3.63, 3.8) is 0 Å². The van der Waals surface area contributed by atoms with Gasteiger partial charge in [-0.05, 0) is 18.2 Å². The van der Waals surface area contributed by atoms with Crippen LogP contribution in [0.4, 0.5) is 4.39 Å². The molecule has 16 heavy (non-hydrogen) atoms. The van der Waals surface area contributed by atoms with Crippen LogP contribution < -0.4 is 0 Å². The van der Waals surface area contributed by atoms with Gasteiger partial charge in [0, 0.05) is 17.5 Å². The number of carbonyl (C=O) groups excluding carboxylic acids is 2. The van der Waals surface area contributed by atoms with Gasteiger partial charge in [0.05, 0.1) is 5.56 Å². The number of hydrogen-bond acceptors (Lipinski definition) is 3. The van der Waals surface area contributed by atoms with Gasteiger partial charge in [0.25, 0.3) is 0 Å². The lowest BCUT2D eigenvalue weighted by Gasteiger charge is -1.99. The van der Waals surface area contributed by atoms with E-state index in [0.29, 0.717) is 10.5 Å². The topological polar surface area (TPSA) is 54.4 Å². The minimum Gasteiger partial charge on any atom is -0.504 e. The third kappa shape index (κ3) is 3.00. The minimum absolute atomic E-state index is 0.198. The van der Waals surface area contributed by atoms with E-state index >= 15 is 0 Å². The molecule has 1 aromatic carbocycles. The Labute approximate surface area is 99.7 Å². The molecule has 0 amide bonds. The standard InChI is InChI=1S/C11H8BrFO3/c1-6(14)10(15)5-11(16)8-3-2-7(12)4-9(8)13/h2-5,15H,1H3/b10-5-. The molecule has 0 heterocycles. The molecule has 0 atom stereocenters. The highest BCUT2D eigenvalue weighted by atomic mass is 79.9. The van der Waals surface area contributed by atoms with Crippen molar-refractivity contribution < 1.29 is 19.1 Å². The molecule has 0 radical (unpaired) electrons. The Morgan fingerprint density at radius 2 is 2.06 bits per heavy atom. The Balaban J connectivity index is 3.07. The molecule has 0 bridgehead atoms. The molecule has 1 rings (SSSR count). The number of rotatable bonds is 3. The number of hydrogen-bond donors (Lipinski definition) is 1. The maximum absolute atomic E-state index is 13.3. The number of Topliss-reactive ketones (excluding diaryl/α,β-unsaturated/α-hetero) is 1. The molecule has 84 valence electrons. The first-order valence-electron chi connectivity index (χ1n) is 4.33. The number of aliphatic hydroxyl groups excluding tert-OH is 1. The van der Waals surface area contributed by atoms with Gasteiger partial charge in [-0.15, -0.1) is 0 Å². The molecule has 0 saturated heterocycles. The molecule has 0 spiro atoms. The number of carbonyl (C=O) groups is 2. The van der Waals surface area contributed by atoms with Crippen LogP contribution in [0.5, 0.6) is 0 Å². The maximum atomic E-state index is 13.3. The molecule has 1 aromatic rings. The molecule has 3 nitrogen and oxygen atoms in total. The van der Waals surface area contributed by atoms with Gasteiger partial charge < -0.3 is 5.11 Å². The number of benzene rings is 1. The molecule has 5 heteroatoms. The van der Waals surface area contributed by atoms with E-state index in [1.54, 1.807) is 0 Å². The zero-order valence-electron chi connectivity index (χ0n) is 8.33. The summed E-state index contributed by atoms with van der Waals surface area (Å²) in [4.78, 5) is 22.1. The van der Waals surface area contributed by atoms with E-state index in [9.17, 15) is 14.0 Å². The monoisotopic (exact) mass is 286 g/mol. The lowest BCUT2D eigenvalue weighted by atomic mass is 10.1. The SMILES string of the molecule is CC(=O)/C(O)=C/C(=O)c1ccc(Br)cc1F. The first-order chi connectivity index (χ1) is 7.41. The quantitative estimate of drug-likeness (QED) is 0.528. The molecular weight excluding hydrogens is 279 g/mol. The van der Waals surface area contributed by atoms with E-state index in [1.807, 2.05) is 0 Å². The van der Waals surface area contributed by atoms with Crippen LogP contribution in [0.3, 0.4) is 0 Å². The van der Waals surface area contributed by atoms with Crippen molar-refractivity contribution in [2.75, 3.05) is 0 Å². The van der Waals surface area contributed by atoms with E-state index in [2.05, 4.69) is 15.9 Å². The average molecular weight is 287 g/mol. The molecule has 0 aliphatic heterocycles. The largest absolute Gasteiger partial charge is 0.504 e. The summed E-state index contributed by atoms with van der Waals surface area (Å²) in [6.07, 6.45) is 0.703. The number of allylic oxidation sites excluding steroid dienone is 2. The van der Waals surface area contributed by atoms with Crippen molar-refractivity contribution in [1.82, 2.24) is 0 Å². The van der Waals surface area contributed by atoms with E-state index in [0.717, 1.165) is 13.0 Å². The second-order valence-electron chi connectivity index (χ2n) is 3.07. The van der Waals surface area contributed by atoms with Crippen LogP contribution in [0.25, 0.3) is 0 Å². The number of ketones is 2. The van der Waals surface area contributed by atoms with Crippen LogP contribution in [0.15, 0.2) is 34.5 Å². The second-order valence-corrected chi connectivity index (χ2v) is 3.99. The first kappa shape index (κ1) is 12.6. The fraction of sp³-hybridized carbons (Fsp3) is 0.0909.